The van der Waals surface area contributed by atoms with E-state index in [-0.39, 0.29) is 19.0 Å². The molecule has 7 heteroatoms. The van der Waals surface area contributed by atoms with Crippen LogP contribution in [0.5, 0.6) is 5.75 Å². The molecule has 0 radical (unpaired) electrons. The first kappa shape index (κ1) is 16.1. The van der Waals surface area contributed by atoms with Gasteiger partial charge in [-0.15, -0.1) is 5.10 Å². The molecule has 2 aromatic heterocycles. The molecule has 1 N–H and O–H groups in total. The lowest BCUT2D eigenvalue weighted by Gasteiger charge is -2.15. The number of nitrogens with zero attached hydrogens (tertiary/aromatic N) is 2. The smallest absolute Gasteiger partial charge is 0.437 e. The Morgan fingerprint density at radius 2 is 2.00 bits per heavy atom. The number of rotatable bonds is 6. The van der Waals surface area contributed by atoms with E-state index >= 15 is 0 Å². The van der Waals surface area contributed by atoms with Crippen molar-refractivity contribution < 1.29 is 18.7 Å². The fourth-order valence-corrected chi connectivity index (χ4v) is 2.38. The molecule has 1 atom stereocenters. The summed E-state index contributed by atoms with van der Waals surface area (Å²) in [5, 5.41) is 14.1. The molecular weight excluding hydrogens is 312 g/mol. The van der Waals surface area contributed by atoms with Gasteiger partial charge in [0.25, 0.3) is 5.89 Å². The molecule has 1 unspecified atom stereocenters. The third-order valence-corrected chi connectivity index (χ3v) is 3.55. The van der Waals surface area contributed by atoms with E-state index in [4.69, 9.17) is 13.6 Å². The summed E-state index contributed by atoms with van der Waals surface area (Å²) in [7, 11) is 0. The van der Waals surface area contributed by atoms with Gasteiger partial charge in [0.1, 0.15) is 18.5 Å². The number of aliphatic hydroxyl groups is 1. The maximum absolute atomic E-state index is 11.8. The normalized spacial score (nSPS) is 12.3. The van der Waals surface area contributed by atoms with Gasteiger partial charge in [-0.1, -0.05) is 18.2 Å². The number of aryl methyl sites for hydroxylation is 2. The first-order valence-electron chi connectivity index (χ1n) is 7.53. The lowest BCUT2D eigenvalue weighted by molar-refractivity contribution is 0.0869. The highest BCUT2D eigenvalue weighted by molar-refractivity contribution is 5.42. The van der Waals surface area contributed by atoms with Gasteiger partial charge in [0.2, 0.25) is 0 Å². The van der Waals surface area contributed by atoms with Gasteiger partial charge >= 0.3 is 5.76 Å². The zero-order valence-electron chi connectivity index (χ0n) is 13.4. The number of hydrogen-bond donors (Lipinski definition) is 1. The van der Waals surface area contributed by atoms with Crippen LogP contribution >= 0.6 is 0 Å². The second-order valence-corrected chi connectivity index (χ2v) is 5.52. The first-order valence-corrected chi connectivity index (χ1v) is 7.53. The Morgan fingerprint density at radius 1 is 1.25 bits per heavy atom. The molecule has 126 valence electrons. The van der Waals surface area contributed by atoms with E-state index in [9.17, 15) is 9.90 Å². The molecule has 0 aliphatic heterocycles. The highest BCUT2D eigenvalue weighted by atomic mass is 16.5. The van der Waals surface area contributed by atoms with Crippen molar-refractivity contribution in [3.8, 4) is 17.4 Å². The summed E-state index contributed by atoms with van der Waals surface area (Å²) < 4.78 is 16.9. The van der Waals surface area contributed by atoms with Gasteiger partial charge in [0.05, 0.1) is 12.8 Å². The van der Waals surface area contributed by atoms with Gasteiger partial charge < -0.3 is 18.7 Å². The molecule has 0 aliphatic carbocycles. The van der Waals surface area contributed by atoms with Gasteiger partial charge in [0, 0.05) is 0 Å². The highest BCUT2D eigenvalue weighted by Crippen LogP contribution is 2.22. The molecule has 3 aromatic rings. The van der Waals surface area contributed by atoms with Crippen molar-refractivity contribution in [3.05, 3.63) is 58.3 Å². The van der Waals surface area contributed by atoms with Crippen LogP contribution in [0.2, 0.25) is 0 Å². The Morgan fingerprint density at radius 3 is 2.67 bits per heavy atom. The third-order valence-electron chi connectivity index (χ3n) is 3.55. The van der Waals surface area contributed by atoms with E-state index < -0.39 is 11.9 Å². The van der Waals surface area contributed by atoms with Crippen molar-refractivity contribution in [2.45, 2.75) is 26.5 Å². The van der Waals surface area contributed by atoms with E-state index in [1.165, 1.54) is 6.26 Å². The Balaban J connectivity index is 1.65. The fraction of sp³-hybridized carbons (Fsp3) is 0.294. The average Bonchev–Trinajstić information content (AvgIpc) is 3.17. The number of hydrogen-bond acceptors (Lipinski definition) is 6. The van der Waals surface area contributed by atoms with Crippen molar-refractivity contribution in [2.24, 2.45) is 0 Å². The largest absolute Gasteiger partial charge is 0.490 e. The predicted molar refractivity (Wildman–Crippen MR) is 85.9 cm³/mol. The van der Waals surface area contributed by atoms with Crippen LogP contribution in [0.1, 0.15) is 11.1 Å². The molecule has 2 heterocycles. The third kappa shape index (κ3) is 3.41. The van der Waals surface area contributed by atoms with Crippen molar-refractivity contribution in [3.63, 3.8) is 0 Å². The van der Waals surface area contributed by atoms with Crippen molar-refractivity contribution >= 4 is 0 Å². The van der Waals surface area contributed by atoms with Gasteiger partial charge in [-0.3, -0.25) is 0 Å². The summed E-state index contributed by atoms with van der Waals surface area (Å²) in [5.41, 5.74) is 1.97. The van der Waals surface area contributed by atoms with E-state index in [2.05, 4.69) is 5.10 Å². The quantitative estimate of drug-likeness (QED) is 0.745. The Bertz CT molecular complexity index is 843. The molecule has 0 saturated carbocycles. The average molecular weight is 330 g/mol. The van der Waals surface area contributed by atoms with Crippen molar-refractivity contribution in [1.29, 1.82) is 0 Å². The van der Waals surface area contributed by atoms with E-state index in [0.29, 0.717) is 5.76 Å². The molecule has 24 heavy (non-hydrogen) atoms. The molecule has 0 amide bonds. The summed E-state index contributed by atoms with van der Waals surface area (Å²) in [6, 6.07) is 9.12. The lowest BCUT2D eigenvalue weighted by atomic mass is 10.1. The minimum atomic E-state index is -0.906. The zero-order chi connectivity index (χ0) is 17.1. The van der Waals surface area contributed by atoms with Gasteiger partial charge in [0.15, 0.2) is 5.76 Å². The number of benzene rings is 1. The summed E-state index contributed by atoms with van der Waals surface area (Å²) in [5.74, 6) is 0.507. The van der Waals surface area contributed by atoms with Crippen LogP contribution in [0, 0.1) is 13.8 Å². The number of aromatic nitrogens is 2. The van der Waals surface area contributed by atoms with Crippen LogP contribution in [0.25, 0.3) is 11.7 Å². The maximum atomic E-state index is 11.8. The van der Waals surface area contributed by atoms with Gasteiger partial charge in [-0.05, 0) is 37.1 Å². The second-order valence-electron chi connectivity index (χ2n) is 5.52. The monoisotopic (exact) mass is 330 g/mol. The van der Waals surface area contributed by atoms with E-state index in [1.807, 2.05) is 32.0 Å². The molecular formula is C17H18N2O5. The van der Waals surface area contributed by atoms with Gasteiger partial charge in [-0.2, -0.15) is 4.68 Å². The predicted octanol–water partition coefficient (Wildman–Crippen LogP) is 2.15. The van der Waals surface area contributed by atoms with E-state index in [0.717, 1.165) is 21.6 Å². The fourth-order valence-electron chi connectivity index (χ4n) is 2.38. The summed E-state index contributed by atoms with van der Waals surface area (Å²) in [6.07, 6.45) is 0.554. The van der Waals surface area contributed by atoms with Gasteiger partial charge in [-0.25, -0.2) is 4.79 Å². The minimum absolute atomic E-state index is 0.0338. The van der Waals surface area contributed by atoms with Crippen LogP contribution in [0.15, 0.2) is 50.2 Å². The summed E-state index contributed by atoms with van der Waals surface area (Å²) in [6.45, 7) is 3.88. The van der Waals surface area contributed by atoms with Crippen LogP contribution in [-0.2, 0) is 6.54 Å². The topological polar surface area (TPSA) is 90.6 Å². The van der Waals surface area contributed by atoms with E-state index in [1.54, 1.807) is 12.1 Å². The Kier molecular flexibility index (Phi) is 4.52. The molecule has 0 bridgehead atoms. The second kappa shape index (κ2) is 6.76. The Hall–Kier alpha value is -2.80. The Labute approximate surface area is 138 Å². The lowest BCUT2D eigenvalue weighted by Crippen LogP contribution is -2.29. The van der Waals surface area contributed by atoms with Crippen molar-refractivity contribution in [2.75, 3.05) is 6.61 Å². The minimum Gasteiger partial charge on any atom is -0.490 e. The van der Waals surface area contributed by atoms with Crippen LogP contribution in [0.3, 0.4) is 0 Å². The maximum Gasteiger partial charge on any atom is 0.437 e. The molecule has 0 saturated heterocycles. The van der Waals surface area contributed by atoms with Crippen LogP contribution in [0.4, 0.5) is 0 Å². The number of furan rings is 1. The van der Waals surface area contributed by atoms with Crippen LogP contribution in [-0.4, -0.2) is 27.6 Å². The molecule has 0 spiro atoms. The molecule has 0 fully saturated rings. The molecule has 3 rings (SSSR count). The summed E-state index contributed by atoms with van der Waals surface area (Å²) in [4.78, 5) is 11.8. The highest BCUT2D eigenvalue weighted by Gasteiger charge is 2.16. The van der Waals surface area contributed by atoms with Crippen molar-refractivity contribution in [1.82, 2.24) is 9.78 Å². The SMILES string of the molecule is Cc1cccc(C)c1OCC(O)Cn1nc(-c2ccco2)oc1=O. The van der Waals surface area contributed by atoms with Crippen LogP contribution < -0.4 is 10.5 Å². The zero-order valence-corrected chi connectivity index (χ0v) is 13.4. The molecule has 7 nitrogen and oxygen atoms in total. The molecule has 1 aromatic carbocycles. The number of ether oxygens (including phenoxy) is 1. The standard InChI is InChI=1S/C17H18N2O5/c1-11-5-3-6-12(2)15(11)23-10-13(20)9-19-17(21)24-16(18-19)14-7-4-8-22-14/h3-8,13,20H,9-10H2,1-2H3. The first-order chi connectivity index (χ1) is 11.5. The number of para-hydroxylation sites is 1. The molecule has 0 aliphatic rings. The number of aliphatic hydroxyl groups excluding tert-OH is 1. The summed E-state index contributed by atoms with van der Waals surface area (Å²) >= 11 is 0.